The lowest BCUT2D eigenvalue weighted by atomic mass is 10.1. The van der Waals surface area contributed by atoms with Crippen LogP contribution in [0.15, 0.2) is 77.3 Å². The molecule has 0 radical (unpaired) electrons. The van der Waals surface area contributed by atoms with E-state index in [1.165, 1.54) is 11.8 Å². The van der Waals surface area contributed by atoms with Crippen LogP contribution in [0.1, 0.15) is 16.5 Å². The highest BCUT2D eigenvalue weighted by Gasteiger charge is 2.19. The van der Waals surface area contributed by atoms with E-state index >= 15 is 0 Å². The number of amides is 1. The van der Waals surface area contributed by atoms with E-state index in [0.29, 0.717) is 16.6 Å². The molecule has 30 heavy (non-hydrogen) atoms. The maximum atomic E-state index is 12.8. The number of nitrogens with zero attached hydrogens (tertiary/aromatic N) is 4. The van der Waals surface area contributed by atoms with E-state index in [4.69, 9.17) is 4.74 Å². The number of para-hydroxylation sites is 2. The molecule has 7 nitrogen and oxygen atoms in total. The molecule has 152 valence electrons. The summed E-state index contributed by atoms with van der Waals surface area (Å²) < 4.78 is 6.96. The number of hydrogen-bond acceptors (Lipinski definition) is 7. The Bertz CT molecular complexity index is 1100. The molecule has 0 aliphatic carbocycles. The van der Waals surface area contributed by atoms with Crippen LogP contribution in [-0.2, 0) is 4.79 Å². The van der Waals surface area contributed by atoms with Crippen molar-refractivity contribution in [2.45, 2.75) is 11.2 Å². The van der Waals surface area contributed by atoms with Gasteiger partial charge in [-0.05, 0) is 39.6 Å². The summed E-state index contributed by atoms with van der Waals surface area (Å²) in [5, 5.41) is 17.5. The second-order valence-electron chi connectivity index (χ2n) is 6.26. The summed E-state index contributed by atoms with van der Waals surface area (Å²) in [7, 11) is 1.59. The van der Waals surface area contributed by atoms with Crippen LogP contribution in [0, 0.1) is 0 Å². The normalized spacial score (nSPS) is 11.8. The molecule has 1 atom stereocenters. The van der Waals surface area contributed by atoms with Crippen molar-refractivity contribution in [1.82, 2.24) is 25.5 Å². The Hall–Kier alpha value is -3.17. The summed E-state index contributed by atoms with van der Waals surface area (Å²) in [6.45, 7) is 0. The zero-order valence-electron chi connectivity index (χ0n) is 16.1. The fraction of sp³-hybridized carbons (Fsp3) is 0.143. The average Bonchev–Trinajstić information content (AvgIpc) is 3.49. The van der Waals surface area contributed by atoms with E-state index in [2.05, 4.69) is 20.8 Å². The third-order valence-electron chi connectivity index (χ3n) is 4.35. The minimum Gasteiger partial charge on any atom is -0.494 e. The molecule has 9 heteroatoms. The molecule has 0 aliphatic heterocycles. The number of carbonyl (C=O) groups is 1. The zero-order chi connectivity index (χ0) is 20.8. The highest BCUT2D eigenvalue weighted by molar-refractivity contribution is 7.99. The number of ether oxygens (including phenoxy) is 1. The Labute approximate surface area is 182 Å². The molecule has 1 amide bonds. The summed E-state index contributed by atoms with van der Waals surface area (Å²) in [5.41, 5.74) is 1.76. The van der Waals surface area contributed by atoms with Gasteiger partial charge < -0.3 is 10.1 Å². The van der Waals surface area contributed by atoms with E-state index in [1.807, 2.05) is 72.1 Å². The van der Waals surface area contributed by atoms with Crippen LogP contribution in [-0.4, -0.2) is 39.0 Å². The number of methoxy groups -OCH3 is 1. The molecule has 1 N–H and O–H groups in total. The maximum absolute atomic E-state index is 12.8. The first-order chi connectivity index (χ1) is 14.8. The maximum Gasteiger partial charge on any atom is 0.231 e. The summed E-state index contributed by atoms with van der Waals surface area (Å²) >= 11 is 2.89. The number of thiophene rings is 1. The predicted octanol–water partition coefficient (Wildman–Crippen LogP) is 3.73. The van der Waals surface area contributed by atoms with Crippen molar-refractivity contribution in [1.29, 1.82) is 0 Å². The standard InChI is InChI=1S/C21H19N5O2S2/c1-28-17-11-6-5-10-16(17)26-21(23-24-25-26)30-14-19(27)22-20(18-12-7-13-29-18)15-8-3-2-4-9-15/h2-13,20H,14H2,1H3,(H,22,27)/t20-/m0/s1. The molecule has 2 aromatic carbocycles. The second-order valence-corrected chi connectivity index (χ2v) is 8.18. The largest absolute Gasteiger partial charge is 0.494 e. The first-order valence-electron chi connectivity index (χ1n) is 9.18. The zero-order valence-corrected chi connectivity index (χ0v) is 17.8. The number of tetrazole rings is 1. The van der Waals surface area contributed by atoms with E-state index < -0.39 is 0 Å². The van der Waals surface area contributed by atoms with Gasteiger partial charge in [0.15, 0.2) is 0 Å². The molecule has 0 bridgehead atoms. The minimum absolute atomic E-state index is 0.100. The Morgan fingerprint density at radius 3 is 2.70 bits per heavy atom. The van der Waals surface area contributed by atoms with Gasteiger partial charge in [0.25, 0.3) is 0 Å². The molecule has 0 aliphatic rings. The van der Waals surface area contributed by atoms with Crippen LogP contribution in [0.25, 0.3) is 5.69 Å². The Morgan fingerprint density at radius 2 is 1.93 bits per heavy atom. The van der Waals surface area contributed by atoms with Crippen LogP contribution >= 0.6 is 23.1 Å². The molecular formula is C21H19N5O2S2. The molecule has 2 aromatic heterocycles. The Morgan fingerprint density at radius 1 is 1.13 bits per heavy atom. The molecular weight excluding hydrogens is 418 g/mol. The van der Waals surface area contributed by atoms with Crippen molar-refractivity contribution >= 4 is 29.0 Å². The molecule has 0 fully saturated rings. The number of aromatic nitrogens is 4. The van der Waals surface area contributed by atoms with Crippen LogP contribution in [0.2, 0.25) is 0 Å². The third kappa shape index (κ3) is 4.52. The van der Waals surface area contributed by atoms with Gasteiger partial charge in [0, 0.05) is 4.88 Å². The topological polar surface area (TPSA) is 81.9 Å². The summed E-state index contributed by atoms with van der Waals surface area (Å²) in [4.78, 5) is 13.8. The smallest absolute Gasteiger partial charge is 0.231 e. The van der Waals surface area contributed by atoms with Crippen LogP contribution in [0.3, 0.4) is 0 Å². The molecule has 0 saturated carbocycles. The summed E-state index contributed by atoms with van der Waals surface area (Å²) in [6, 6.07) is 21.2. The molecule has 0 spiro atoms. The van der Waals surface area contributed by atoms with E-state index in [-0.39, 0.29) is 17.7 Å². The van der Waals surface area contributed by atoms with Crippen molar-refractivity contribution < 1.29 is 9.53 Å². The van der Waals surface area contributed by atoms with Gasteiger partial charge in [-0.3, -0.25) is 4.79 Å². The lowest BCUT2D eigenvalue weighted by molar-refractivity contribution is -0.119. The number of nitrogens with one attached hydrogen (secondary N) is 1. The van der Waals surface area contributed by atoms with E-state index in [9.17, 15) is 4.79 Å². The molecule has 4 rings (SSSR count). The lowest BCUT2D eigenvalue weighted by Gasteiger charge is -2.18. The van der Waals surface area contributed by atoms with Gasteiger partial charge in [0.1, 0.15) is 11.4 Å². The summed E-state index contributed by atoms with van der Waals surface area (Å²) in [6.07, 6.45) is 0. The van der Waals surface area contributed by atoms with Gasteiger partial charge in [-0.25, -0.2) is 0 Å². The number of thioether (sulfide) groups is 1. The predicted molar refractivity (Wildman–Crippen MR) is 117 cm³/mol. The van der Waals surface area contributed by atoms with Gasteiger partial charge in [0.2, 0.25) is 11.1 Å². The van der Waals surface area contributed by atoms with Crippen LogP contribution < -0.4 is 10.1 Å². The SMILES string of the molecule is COc1ccccc1-n1nnnc1SCC(=O)N[C@@H](c1ccccc1)c1cccs1. The Balaban J connectivity index is 1.47. The van der Waals surface area contributed by atoms with Gasteiger partial charge in [0.05, 0.1) is 18.9 Å². The number of rotatable bonds is 8. The molecule has 4 aromatic rings. The first-order valence-corrected chi connectivity index (χ1v) is 11.0. The van der Waals surface area contributed by atoms with Crippen molar-refractivity contribution in [2.24, 2.45) is 0 Å². The van der Waals surface area contributed by atoms with Crippen LogP contribution in [0.5, 0.6) is 5.75 Å². The second kappa shape index (κ2) is 9.55. The highest BCUT2D eigenvalue weighted by atomic mass is 32.2. The van der Waals surface area contributed by atoms with E-state index in [0.717, 1.165) is 10.4 Å². The Kier molecular flexibility index (Phi) is 6.41. The average molecular weight is 438 g/mol. The van der Waals surface area contributed by atoms with Gasteiger partial charge in [-0.15, -0.1) is 16.4 Å². The number of carbonyl (C=O) groups excluding carboxylic acids is 1. The van der Waals surface area contributed by atoms with Crippen LogP contribution in [0.4, 0.5) is 0 Å². The lowest BCUT2D eigenvalue weighted by Crippen LogP contribution is -2.30. The quantitative estimate of drug-likeness (QED) is 0.423. The van der Waals surface area contributed by atoms with Gasteiger partial charge in [-0.2, -0.15) is 4.68 Å². The van der Waals surface area contributed by atoms with Crippen molar-refractivity contribution in [3.8, 4) is 11.4 Å². The third-order valence-corrected chi connectivity index (χ3v) is 6.21. The number of hydrogen-bond donors (Lipinski definition) is 1. The van der Waals surface area contributed by atoms with Crippen molar-refractivity contribution in [2.75, 3.05) is 12.9 Å². The fourth-order valence-electron chi connectivity index (χ4n) is 2.98. The van der Waals surface area contributed by atoms with E-state index in [1.54, 1.807) is 23.1 Å². The first kappa shape index (κ1) is 20.1. The summed E-state index contributed by atoms with van der Waals surface area (Å²) in [5.74, 6) is 0.735. The van der Waals surface area contributed by atoms with Crippen molar-refractivity contribution in [3.63, 3.8) is 0 Å². The van der Waals surface area contributed by atoms with Gasteiger partial charge >= 0.3 is 0 Å². The van der Waals surface area contributed by atoms with Gasteiger partial charge in [-0.1, -0.05) is 60.3 Å². The highest BCUT2D eigenvalue weighted by Crippen LogP contribution is 2.27. The van der Waals surface area contributed by atoms with Crippen molar-refractivity contribution in [3.05, 3.63) is 82.6 Å². The number of benzene rings is 2. The monoisotopic (exact) mass is 437 g/mol. The molecule has 2 heterocycles. The molecule has 0 saturated heterocycles. The fourth-order valence-corrected chi connectivity index (χ4v) is 4.47. The molecule has 0 unspecified atom stereocenters. The minimum atomic E-state index is -0.190.